The van der Waals surface area contributed by atoms with Crippen LogP contribution in [0.25, 0.3) is 0 Å². The molecule has 1 amide bonds. The Morgan fingerprint density at radius 3 is 2.35 bits per heavy atom. The Hall–Kier alpha value is -1.89. The second-order valence-corrected chi connectivity index (χ2v) is 8.98. The van der Waals surface area contributed by atoms with E-state index in [9.17, 15) is 9.59 Å². The molecule has 0 aromatic carbocycles. The van der Waals surface area contributed by atoms with Gasteiger partial charge in [0.1, 0.15) is 0 Å². The van der Waals surface area contributed by atoms with E-state index in [4.69, 9.17) is 0 Å². The molecule has 0 spiro atoms. The lowest BCUT2D eigenvalue weighted by molar-refractivity contribution is -0.133. The molecule has 144 valence electrons. The monoisotopic (exact) mass is 361 g/mol. The first kappa shape index (κ1) is 18.9. The number of hydrogen-bond acceptors (Lipinski definition) is 5. The number of carbonyl (C=O) groups excluding carboxylic acids is 1. The maximum Gasteiger partial charge on any atom is 0.290 e. The standard InChI is InChI=1S/C19H31N5O2/c1-18(2)12-14(13-19(3,4)22-18)11-15(25)23-7-9-24(10-8-23)16-17(26)21-6-5-20-16/h5-6,14,22H,7-13H2,1-4H3,(H,21,26). The van der Waals surface area contributed by atoms with E-state index >= 15 is 0 Å². The van der Waals surface area contributed by atoms with Crippen LogP contribution in [-0.2, 0) is 4.79 Å². The van der Waals surface area contributed by atoms with Crippen LogP contribution in [0, 0.1) is 5.92 Å². The van der Waals surface area contributed by atoms with Gasteiger partial charge in [0, 0.05) is 56.1 Å². The van der Waals surface area contributed by atoms with Gasteiger partial charge in [-0.25, -0.2) is 4.98 Å². The van der Waals surface area contributed by atoms with Crippen LogP contribution >= 0.6 is 0 Å². The van der Waals surface area contributed by atoms with Gasteiger partial charge in [0.05, 0.1) is 0 Å². The number of rotatable bonds is 3. The summed E-state index contributed by atoms with van der Waals surface area (Å²) in [4.78, 5) is 35.4. The zero-order valence-electron chi connectivity index (χ0n) is 16.3. The summed E-state index contributed by atoms with van der Waals surface area (Å²) in [6, 6.07) is 0. The van der Waals surface area contributed by atoms with Crippen molar-refractivity contribution in [2.24, 2.45) is 5.92 Å². The van der Waals surface area contributed by atoms with E-state index in [1.54, 1.807) is 6.20 Å². The lowest BCUT2D eigenvalue weighted by Gasteiger charge is -2.47. The summed E-state index contributed by atoms with van der Waals surface area (Å²) in [5, 5.41) is 3.67. The van der Waals surface area contributed by atoms with E-state index in [1.165, 1.54) is 6.20 Å². The molecule has 1 aromatic heterocycles. The van der Waals surface area contributed by atoms with Crippen molar-refractivity contribution in [3.8, 4) is 0 Å². The van der Waals surface area contributed by atoms with Gasteiger partial charge in [0.25, 0.3) is 5.56 Å². The normalized spacial score (nSPS) is 23.1. The third-order valence-electron chi connectivity index (χ3n) is 5.36. The van der Waals surface area contributed by atoms with E-state index < -0.39 is 0 Å². The quantitative estimate of drug-likeness (QED) is 0.850. The van der Waals surface area contributed by atoms with Crippen LogP contribution in [0.15, 0.2) is 17.2 Å². The highest BCUT2D eigenvalue weighted by Crippen LogP contribution is 2.35. The molecule has 1 aromatic rings. The number of amides is 1. The molecule has 0 radical (unpaired) electrons. The van der Waals surface area contributed by atoms with Crippen LogP contribution in [0.1, 0.15) is 47.0 Å². The average molecular weight is 361 g/mol. The maximum absolute atomic E-state index is 12.8. The Morgan fingerprint density at radius 2 is 1.77 bits per heavy atom. The summed E-state index contributed by atoms with van der Waals surface area (Å²) in [5.74, 6) is 1.09. The van der Waals surface area contributed by atoms with Crippen molar-refractivity contribution in [1.29, 1.82) is 0 Å². The van der Waals surface area contributed by atoms with Crippen LogP contribution in [0.4, 0.5) is 5.82 Å². The van der Waals surface area contributed by atoms with Crippen molar-refractivity contribution >= 4 is 11.7 Å². The number of hydrogen-bond donors (Lipinski definition) is 2. The number of piperazine rings is 1. The van der Waals surface area contributed by atoms with Crippen molar-refractivity contribution in [2.45, 2.75) is 58.0 Å². The van der Waals surface area contributed by atoms with Gasteiger partial charge in [-0.05, 0) is 46.5 Å². The molecule has 2 fully saturated rings. The van der Waals surface area contributed by atoms with Crippen LogP contribution in [-0.4, -0.2) is 58.0 Å². The largest absolute Gasteiger partial charge is 0.348 e. The molecule has 0 aliphatic carbocycles. The second kappa shape index (κ2) is 7.02. The SMILES string of the molecule is CC1(C)CC(CC(=O)N2CCN(c3ncc[nH]c3=O)CC2)CC(C)(C)N1. The summed E-state index contributed by atoms with van der Waals surface area (Å²) in [7, 11) is 0. The Balaban J connectivity index is 1.56. The van der Waals surface area contributed by atoms with Gasteiger partial charge < -0.3 is 20.1 Å². The molecule has 2 saturated heterocycles. The zero-order chi connectivity index (χ0) is 18.9. The molecule has 2 aliphatic heterocycles. The van der Waals surface area contributed by atoms with Gasteiger partial charge in [0.15, 0.2) is 5.82 Å². The Bertz CT molecular complexity index is 688. The first-order chi connectivity index (χ1) is 12.2. The Labute approximate surface area is 155 Å². The summed E-state index contributed by atoms with van der Waals surface area (Å²) >= 11 is 0. The van der Waals surface area contributed by atoms with Gasteiger partial charge in [0.2, 0.25) is 5.91 Å². The van der Waals surface area contributed by atoms with Crippen LogP contribution in [0.3, 0.4) is 0 Å². The minimum Gasteiger partial charge on any atom is -0.348 e. The summed E-state index contributed by atoms with van der Waals surface area (Å²) in [5.41, 5.74) is -0.0528. The maximum atomic E-state index is 12.8. The smallest absolute Gasteiger partial charge is 0.290 e. The van der Waals surface area contributed by atoms with E-state index in [-0.39, 0.29) is 22.5 Å². The van der Waals surface area contributed by atoms with E-state index in [2.05, 4.69) is 43.0 Å². The van der Waals surface area contributed by atoms with Crippen LogP contribution in [0.5, 0.6) is 0 Å². The molecule has 0 unspecified atom stereocenters. The predicted molar refractivity (Wildman–Crippen MR) is 102 cm³/mol. The van der Waals surface area contributed by atoms with Gasteiger partial charge in [-0.3, -0.25) is 9.59 Å². The van der Waals surface area contributed by atoms with Crippen molar-refractivity contribution in [3.05, 3.63) is 22.7 Å². The first-order valence-corrected chi connectivity index (χ1v) is 9.51. The summed E-state index contributed by atoms with van der Waals surface area (Å²) in [6.07, 6.45) is 5.78. The highest BCUT2D eigenvalue weighted by Gasteiger charge is 2.38. The molecular weight excluding hydrogens is 330 g/mol. The Morgan fingerprint density at radius 1 is 1.15 bits per heavy atom. The number of aromatic amines is 1. The molecular formula is C19H31N5O2. The number of nitrogens with one attached hydrogen (secondary N) is 2. The molecule has 7 nitrogen and oxygen atoms in total. The average Bonchev–Trinajstić information content (AvgIpc) is 2.52. The number of H-pyrrole nitrogens is 1. The van der Waals surface area contributed by atoms with E-state index in [0.717, 1.165) is 12.8 Å². The molecule has 26 heavy (non-hydrogen) atoms. The lowest BCUT2D eigenvalue weighted by Crippen LogP contribution is -2.58. The molecule has 0 saturated carbocycles. The molecule has 2 N–H and O–H groups in total. The third-order valence-corrected chi connectivity index (χ3v) is 5.36. The van der Waals surface area contributed by atoms with Crippen molar-refractivity contribution in [1.82, 2.24) is 20.2 Å². The topological polar surface area (TPSA) is 81.3 Å². The molecule has 3 heterocycles. The minimum atomic E-state index is -0.175. The molecule has 3 rings (SSSR count). The fraction of sp³-hybridized carbons (Fsp3) is 0.737. The number of anilines is 1. The molecule has 7 heteroatoms. The highest BCUT2D eigenvalue weighted by molar-refractivity contribution is 5.76. The number of nitrogens with zero attached hydrogens (tertiary/aromatic N) is 3. The van der Waals surface area contributed by atoms with Gasteiger partial charge in [-0.15, -0.1) is 0 Å². The molecule has 2 aliphatic rings. The predicted octanol–water partition coefficient (Wildman–Crippen LogP) is 1.37. The minimum absolute atomic E-state index is 0.0609. The van der Waals surface area contributed by atoms with Crippen molar-refractivity contribution in [3.63, 3.8) is 0 Å². The van der Waals surface area contributed by atoms with Gasteiger partial charge >= 0.3 is 0 Å². The number of carbonyl (C=O) groups is 1. The van der Waals surface area contributed by atoms with Crippen molar-refractivity contribution < 1.29 is 4.79 Å². The molecule has 0 bridgehead atoms. The second-order valence-electron chi connectivity index (χ2n) is 8.98. The van der Waals surface area contributed by atoms with E-state index in [1.807, 2.05) is 9.80 Å². The Kier molecular flexibility index (Phi) is 5.10. The van der Waals surface area contributed by atoms with Crippen LogP contribution in [0.2, 0.25) is 0 Å². The molecule has 0 atom stereocenters. The van der Waals surface area contributed by atoms with E-state index in [0.29, 0.717) is 44.3 Å². The summed E-state index contributed by atoms with van der Waals surface area (Å²) < 4.78 is 0. The van der Waals surface area contributed by atoms with Crippen LogP contribution < -0.4 is 15.8 Å². The van der Waals surface area contributed by atoms with Gasteiger partial charge in [-0.2, -0.15) is 0 Å². The lowest BCUT2D eigenvalue weighted by atomic mass is 9.74. The van der Waals surface area contributed by atoms with Crippen molar-refractivity contribution in [2.75, 3.05) is 31.1 Å². The first-order valence-electron chi connectivity index (χ1n) is 9.51. The number of aromatic nitrogens is 2. The fourth-order valence-electron chi connectivity index (χ4n) is 4.79. The highest BCUT2D eigenvalue weighted by atomic mass is 16.2. The fourth-order valence-corrected chi connectivity index (χ4v) is 4.79. The third kappa shape index (κ3) is 4.44. The summed E-state index contributed by atoms with van der Waals surface area (Å²) in [6.45, 7) is 11.5. The van der Waals surface area contributed by atoms with Gasteiger partial charge in [-0.1, -0.05) is 0 Å². The number of piperidine rings is 1. The zero-order valence-corrected chi connectivity index (χ0v) is 16.3.